The van der Waals surface area contributed by atoms with Gasteiger partial charge in [-0.2, -0.15) is 0 Å². The molecule has 0 aromatic rings. The number of hydrogen-bond donors (Lipinski definition) is 0. The Labute approximate surface area is 79.5 Å². The summed E-state index contributed by atoms with van der Waals surface area (Å²) in [7, 11) is 1.29. The number of hydrogen-bond acceptors (Lipinski definition) is 3. The summed E-state index contributed by atoms with van der Waals surface area (Å²) in [6.07, 6.45) is 0.406. The third-order valence-corrected chi connectivity index (χ3v) is 1.74. The van der Waals surface area contributed by atoms with E-state index < -0.39 is 11.9 Å². The number of Topliss-reactive ketones (excluding diaryl/α,β-unsaturated/α-hetero) is 1. The van der Waals surface area contributed by atoms with E-state index in [1.165, 1.54) is 7.11 Å². The van der Waals surface area contributed by atoms with Crippen LogP contribution in [0.5, 0.6) is 0 Å². The fourth-order valence-electron chi connectivity index (χ4n) is 0.984. The molecule has 0 amide bonds. The van der Waals surface area contributed by atoms with Gasteiger partial charge in [-0.1, -0.05) is 20.8 Å². The van der Waals surface area contributed by atoms with Crippen LogP contribution >= 0.6 is 0 Å². The van der Waals surface area contributed by atoms with Crippen molar-refractivity contribution in [2.45, 2.75) is 34.1 Å². The largest absolute Gasteiger partial charge is 0.468 e. The Morgan fingerprint density at radius 1 is 1.31 bits per heavy atom. The molecule has 0 heterocycles. The molecule has 0 aromatic carbocycles. The predicted octanol–water partition coefficient (Wildman–Crippen LogP) is 1.80. The Kier molecular flexibility index (Phi) is 4.11. The molecule has 0 bridgehead atoms. The molecule has 0 fully saturated rings. The first kappa shape index (κ1) is 12.1. The number of carbonyl (C=O) groups is 2. The van der Waals surface area contributed by atoms with E-state index in [0.717, 1.165) is 0 Å². The maximum Gasteiger partial charge on any atom is 0.315 e. The first-order valence-corrected chi connectivity index (χ1v) is 4.38. The van der Waals surface area contributed by atoms with Crippen LogP contribution in [0.4, 0.5) is 0 Å². The van der Waals surface area contributed by atoms with Crippen LogP contribution in [0.3, 0.4) is 0 Å². The molecule has 0 saturated carbocycles. The van der Waals surface area contributed by atoms with Crippen molar-refractivity contribution in [2.75, 3.05) is 7.11 Å². The molecule has 0 aromatic heterocycles. The van der Waals surface area contributed by atoms with E-state index in [4.69, 9.17) is 0 Å². The first-order valence-electron chi connectivity index (χ1n) is 4.38. The van der Waals surface area contributed by atoms with Gasteiger partial charge in [0.2, 0.25) is 0 Å². The van der Waals surface area contributed by atoms with Crippen molar-refractivity contribution < 1.29 is 14.3 Å². The molecule has 0 aliphatic carbocycles. The van der Waals surface area contributed by atoms with Crippen molar-refractivity contribution in [3.8, 4) is 0 Å². The van der Waals surface area contributed by atoms with Gasteiger partial charge >= 0.3 is 5.97 Å². The predicted molar refractivity (Wildman–Crippen MR) is 50.3 cm³/mol. The molecule has 0 aliphatic rings. The Balaban J connectivity index is 4.20. The Morgan fingerprint density at radius 2 is 1.77 bits per heavy atom. The van der Waals surface area contributed by atoms with Gasteiger partial charge in [0.05, 0.1) is 7.11 Å². The van der Waals surface area contributed by atoms with Crippen LogP contribution in [0.15, 0.2) is 0 Å². The molecule has 3 nitrogen and oxygen atoms in total. The molecule has 1 atom stereocenters. The molecular weight excluding hydrogens is 168 g/mol. The van der Waals surface area contributed by atoms with Gasteiger partial charge in [-0.05, 0) is 12.3 Å². The highest BCUT2D eigenvalue weighted by molar-refractivity contribution is 5.98. The zero-order chi connectivity index (χ0) is 10.6. The molecule has 0 radical (unpaired) electrons. The molecule has 0 rings (SSSR count). The topological polar surface area (TPSA) is 43.4 Å². The monoisotopic (exact) mass is 186 g/mol. The van der Waals surface area contributed by atoms with E-state index in [2.05, 4.69) is 4.74 Å². The van der Waals surface area contributed by atoms with Gasteiger partial charge in [-0.15, -0.1) is 0 Å². The summed E-state index contributed by atoms with van der Waals surface area (Å²) in [5.41, 5.74) is -0.0701. The van der Waals surface area contributed by atoms with Gasteiger partial charge in [0.1, 0.15) is 11.7 Å². The van der Waals surface area contributed by atoms with Gasteiger partial charge in [0.25, 0.3) is 0 Å². The summed E-state index contributed by atoms with van der Waals surface area (Å²) in [6.45, 7) is 7.48. The van der Waals surface area contributed by atoms with Crippen molar-refractivity contribution in [2.24, 2.45) is 11.3 Å². The lowest BCUT2D eigenvalue weighted by atomic mass is 9.86. The van der Waals surface area contributed by atoms with E-state index in [1.807, 2.05) is 20.8 Å². The van der Waals surface area contributed by atoms with Crippen LogP contribution in [0.2, 0.25) is 0 Å². The highest BCUT2D eigenvalue weighted by Gasteiger charge is 2.25. The third-order valence-electron chi connectivity index (χ3n) is 1.74. The highest BCUT2D eigenvalue weighted by atomic mass is 16.5. The highest BCUT2D eigenvalue weighted by Crippen LogP contribution is 2.21. The molecular formula is C10H18O3. The van der Waals surface area contributed by atoms with Crippen LogP contribution in [-0.4, -0.2) is 18.9 Å². The number of rotatable bonds is 3. The minimum Gasteiger partial charge on any atom is -0.468 e. The zero-order valence-corrected chi connectivity index (χ0v) is 9.01. The van der Waals surface area contributed by atoms with Gasteiger partial charge in [0.15, 0.2) is 0 Å². The van der Waals surface area contributed by atoms with Crippen LogP contribution in [0.25, 0.3) is 0 Å². The summed E-state index contributed by atoms with van der Waals surface area (Å²) in [5, 5.41) is 0. The third kappa shape index (κ3) is 4.65. The Hall–Kier alpha value is -0.860. The van der Waals surface area contributed by atoms with Crippen LogP contribution in [0.1, 0.15) is 34.1 Å². The maximum absolute atomic E-state index is 11.5. The SMILES string of the molecule is COC(=O)C(C)C(=O)CC(C)(C)C. The van der Waals surface area contributed by atoms with Crippen LogP contribution < -0.4 is 0 Å². The van der Waals surface area contributed by atoms with Crippen LogP contribution in [0, 0.1) is 11.3 Å². The first-order chi connectivity index (χ1) is 5.78. The lowest BCUT2D eigenvalue weighted by molar-refractivity contribution is -0.149. The van der Waals surface area contributed by atoms with Crippen LogP contribution in [-0.2, 0) is 14.3 Å². The lowest BCUT2D eigenvalue weighted by Crippen LogP contribution is -2.25. The van der Waals surface area contributed by atoms with Crippen molar-refractivity contribution in [3.63, 3.8) is 0 Å². The average molecular weight is 186 g/mol. The summed E-state index contributed by atoms with van der Waals surface area (Å²) >= 11 is 0. The molecule has 0 aliphatic heterocycles. The average Bonchev–Trinajstić information content (AvgIpc) is 1.98. The second-order valence-electron chi connectivity index (χ2n) is 4.45. The van der Waals surface area contributed by atoms with E-state index >= 15 is 0 Å². The lowest BCUT2D eigenvalue weighted by Gasteiger charge is -2.18. The van der Waals surface area contributed by atoms with E-state index in [-0.39, 0.29) is 11.2 Å². The van der Waals surface area contributed by atoms with Gasteiger partial charge < -0.3 is 4.74 Å². The van der Waals surface area contributed by atoms with E-state index in [0.29, 0.717) is 6.42 Å². The van der Waals surface area contributed by atoms with E-state index in [9.17, 15) is 9.59 Å². The molecule has 0 spiro atoms. The van der Waals surface area contributed by atoms with Gasteiger partial charge in [-0.3, -0.25) is 9.59 Å². The second-order valence-corrected chi connectivity index (χ2v) is 4.45. The normalized spacial score (nSPS) is 13.6. The number of methoxy groups -OCH3 is 1. The fourth-order valence-corrected chi connectivity index (χ4v) is 0.984. The summed E-state index contributed by atoms with van der Waals surface area (Å²) in [5.74, 6) is -1.14. The molecule has 1 unspecified atom stereocenters. The Bertz CT molecular complexity index is 201. The molecule has 0 N–H and O–H groups in total. The second kappa shape index (κ2) is 4.40. The molecule has 0 saturated heterocycles. The maximum atomic E-state index is 11.5. The summed E-state index contributed by atoms with van der Waals surface area (Å²) in [4.78, 5) is 22.5. The molecule has 3 heteroatoms. The van der Waals surface area contributed by atoms with Crippen molar-refractivity contribution in [1.29, 1.82) is 0 Å². The number of esters is 1. The number of carbonyl (C=O) groups excluding carboxylic acids is 2. The standard InChI is InChI=1S/C10H18O3/c1-7(9(12)13-5)8(11)6-10(2,3)4/h7H,6H2,1-5H3. The zero-order valence-electron chi connectivity index (χ0n) is 9.01. The smallest absolute Gasteiger partial charge is 0.315 e. The Morgan fingerprint density at radius 3 is 2.08 bits per heavy atom. The molecule has 76 valence electrons. The van der Waals surface area contributed by atoms with Gasteiger partial charge in [0, 0.05) is 6.42 Å². The van der Waals surface area contributed by atoms with E-state index in [1.54, 1.807) is 6.92 Å². The summed E-state index contributed by atoms with van der Waals surface area (Å²) in [6, 6.07) is 0. The summed E-state index contributed by atoms with van der Waals surface area (Å²) < 4.78 is 4.49. The minimum absolute atomic E-state index is 0.0562. The number of ketones is 1. The minimum atomic E-state index is -0.635. The van der Waals surface area contributed by atoms with Crippen molar-refractivity contribution in [1.82, 2.24) is 0 Å². The molecule has 13 heavy (non-hydrogen) atoms. The quantitative estimate of drug-likeness (QED) is 0.498. The fraction of sp³-hybridized carbons (Fsp3) is 0.800. The van der Waals surface area contributed by atoms with Crippen molar-refractivity contribution in [3.05, 3.63) is 0 Å². The van der Waals surface area contributed by atoms with Crippen molar-refractivity contribution >= 4 is 11.8 Å². The number of ether oxygens (including phenoxy) is 1. The van der Waals surface area contributed by atoms with Gasteiger partial charge in [-0.25, -0.2) is 0 Å².